The van der Waals surface area contributed by atoms with E-state index in [0.717, 1.165) is 18.4 Å². The number of benzene rings is 2. The molecule has 0 saturated carbocycles. The standard InChI is InChI=1S/C25H33NO7S/c1-5-6-12-33-21-10-8-7-9-20(21)25(27)26(19-11-13-34(28,29)17-19)16-18-14-22(30-2)24(32-4)23(15-18)31-3/h7-10,14-15,19H,5-6,11-13,16-17H2,1-4H3. The summed E-state index contributed by atoms with van der Waals surface area (Å²) < 4.78 is 46.7. The Morgan fingerprint density at radius 2 is 1.71 bits per heavy atom. The van der Waals surface area contributed by atoms with Gasteiger partial charge in [-0.3, -0.25) is 4.79 Å². The zero-order valence-corrected chi connectivity index (χ0v) is 21.0. The van der Waals surface area contributed by atoms with Gasteiger partial charge >= 0.3 is 0 Å². The van der Waals surface area contributed by atoms with E-state index >= 15 is 0 Å². The van der Waals surface area contributed by atoms with Crippen LogP contribution in [0.15, 0.2) is 36.4 Å². The summed E-state index contributed by atoms with van der Waals surface area (Å²) in [7, 11) is 1.37. The Balaban J connectivity index is 1.99. The van der Waals surface area contributed by atoms with Crippen LogP contribution in [0.3, 0.4) is 0 Å². The van der Waals surface area contributed by atoms with Crippen molar-refractivity contribution < 1.29 is 32.2 Å². The average Bonchev–Trinajstić information content (AvgIpc) is 3.21. The molecule has 1 unspecified atom stereocenters. The van der Waals surface area contributed by atoms with Gasteiger partial charge in [-0.15, -0.1) is 0 Å². The molecule has 2 aromatic rings. The van der Waals surface area contributed by atoms with Crippen LogP contribution in [-0.4, -0.2) is 64.7 Å². The van der Waals surface area contributed by atoms with Gasteiger partial charge in [-0.25, -0.2) is 8.42 Å². The number of rotatable bonds is 11. The molecule has 1 atom stereocenters. The molecule has 8 nitrogen and oxygen atoms in total. The maximum atomic E-state index is 13.8. The quantitative estimate of drug-likeness (QED) is 0.443. The molecule has 0 radical (unpaired) electrons. The number of ether oxygens (including phenoxy) is 4. The zero-order chi connectivity index (χ0) is 24.7. The number of carbonyl (C=O) groups is 1. The molecule has 186 valence electrons. The molecular weight excluding hydrogens is 458 g/mol. The largest absolute Gasteiger partial charge is 0.493 e. The lowest BCUT2D eigenvalue weighted by Crippen LogP contribution is -2.40. The molecule has 0 N–H and O–H groups in total. The summed E-state index contributed by atoms with van der Waals surface area (Å²) in [6.45, 7) is 2.75. The summed E-state index contributed by atoms with van der Waals surface area (Å²) >= 11 is 0. The molecule has 1 amide bonds. The van der Waals surface area contributed by atoms with Crippen molar-refractivity contribution in [1.82, 2.24) is 4.90 Å². The normalized spacial score (nSPS) is 16.6. The fourth-order valence-corrected chi connectivity index (χ4v) is 5.79. The minimum atomic E-state index is -3.21. The third-order valence-electron chi connectivity index (χ3n) is 5.86. The van der Waals surface area contributed by atoms with E-state index in [2.05, 4.69) is 6.92 Å². The van der Waals surface area contributed by atoms with E-state index < -0.39 is 15.9 Å². The van der Waals surface area contributed by atoms with Crippen molar-refractivity contribution in [2.24, 2.45) is 0 Å². The number of para-hydroxylation sites is 1. The highest BCUT2D eigenvalue weighted by molar-refractivity contribution is 7.91. The number of hydrogen-bond donors (Lipinski definition) is 0. The molecule has 1 heterocycles. The van der Waals surface area contributed by atoms with Crippen LogP contribution in [0, 0.1) is 0 Å². The summed E-state index contributed by atoms with van der Waals surface area (Å²) in [5.41, 5.74) is 1.15. The smallest absolute Gasteiger partial charge is 0.258 e. The van der Waals surface area contributed by atoms with Gasteiger partial charge in [0.2, 0.25) is 5.75 Å². The maximum Gasteiger partial charge on any atom is 0.258 e. The highest BCUT2D eigenvalue weighted by atomic mass is 32.2. The Bertz CT molecular complexity index is 1080. The number of carbonyl (C=O) groups excluding carboxylic acids is 1. The van der Waals surface area contributed by atoms with Crippen molar-refractivity contribution in [3.63, 3.8) is 0 Å². The average molecular weight is 492 g/mol. The Hall–Kier alpha value is -2.94. The van der Waals surface area contributed by atoms with Gasteiger partial charge in [-0.1, -0.05) is 25.5 Å². The number of methoxy groups -OCH3 is 3. The summed E-state index contributed by atoms with van der Waals surface area (Å²) in [6.07, 6.45) is 2.24. The summed E-state index contributed by atoms with van der Waals surface area (Å²) in [6, 6.07) is 10.2. The van der Waals surface area contributed by atoms with E-state index in [4.69, 9.17) is 18.9 Å². The van der Waals surface area contributed by atoms with Gasteiger partial charge in [0.25, 0.3) is 5.91 Å². The first-order chi connectivity index (χ1) is 16.3. The van der Waals surface area contributed by atoms with E-state index in [9.17, 15) is 13.2 Å². The van der Waals surface area contributed by atoms with Crippen LogP contribution in [0.4, 0.5) is 0 Å². The lowest BCUT2D eigenvalue weighted by Gasteiger charge is -2.29. The van der Waals surface area contributed by atoms with Crippen LogP contribution >= 0.6 is 0 Å². The van der Waals surface area contributed by atoms with E-state index in [0.29, 0.717) is 41.6 Å². The SMILES string of the molecule is CCCCOc1ccccc1C(=O)N(Cc1cc(OC)c(OC)c(OC)c1)C1CCS(=O)(=O)C1. The van der Waals surface area contributed by atoms with Gasteiger partial charge in [0.1, 0.15) is 5.75 Å². The second kappa shape index (κ2) is 11.5. The van der Waals surface area contributed by atoms with E-state index in [1.807, 2.05) is 6.07 Å². The Morgan fingerprint density at radius 3 is 2.26 bits per heavy atom. The zero-order valence-electron chi connectivity index (χ0n) is 20.2. The number of sulfone groups is 1. The van der Waals surface area contributed by atoms with Gasteiger partial charge < -0.3 is 23.8 Å². The van der Waals surface area contributed by atoms with E-state index in [1.165, 1.54) is 21.3 Å². The molecule has 0 spiro atoms. The topological polar surface area (TPSA) is 91.4 Å². The van der Waals surface area contributed by atoms with Crippen LogP contribution < -0.4 is 18.9 Å². The second-order valence-corrected chi connectivity index (χ2v) is 10.5. The fourth-order valence-electron chi connectivity index (χ4n) is 4.06. The molecular formula is C25H33NO7S. The summed E-state index contributed by atoms with van der Waals surface area (Å²) in [5, 5.41) is 0. The molecule has 1 fully saturated rings. The Kier molecular flexibility index (Phi) is 8.66. The van der Waals surface area contributed by atoms with Crippen molar-refractivity contribution in [2.75, 3.05) is 39.4 Å². The molecule has 1 aliphatic rings. The molecule has 9 heteroatoms. The van der Waals surface area contributed by atoms with Crippen molar-refractivity contribution >= 4 is 15.7 Å². The van der Waals surface area contributed by atoms with Gasteiger partial charge in [0, 0.05) is 12.6 Å². The van der Waals surface area contributed by atoms with Crippen LogP contribution in [0.2, 0.25) is 0 Å². The molecule has 1 saturated heterocycles. The van der Waals surface area contributed by atoms with Gasteiger partial charge in [0.15, 0.2) is 21.3 Å². The molecule has 1 aliphatic heterocycles. The van der Waals surface area contributed by atoms with Crippen molar-refractivity contribution in [3.05, 3.63) is 47.5 Å². The molecule has 34 heavy (non-hydrogen) atoms. The minimum absolute atomic E-state index is 0.0609. The monoisotopic (exact) mass is 491 g/mol. The molecule has 0 bridgehead atoms. The fraction of sp³-hybridized carbons (Fsp3) is 0.480. The highest BCUT2D eigenvalue weighted by Crippen LogP contribution is 2.39. The van der Waals surface area contributed by atoms with Crippen molar-refractivity contribution in [1.29, 1.82) is 0 Å². The number of amides is 1. The Labute approximate surface area is 201 Å². The lowest BCUT2D eigenvalue weighted by molar-refractivity contribution is 0.0676. The minimum Gasteiger partial charge on any atom is -0.493 e. The van der Waals surface area contributed by atoms with Crippen LogP contribution in [0.1, 0.15) is 42.1 Å². The van der Waals surface area contributed by atoms with Crippen molar-refractivity contribution in [3.8, 4) is 23.0 Å². The van der Waals surface area contributed by atoms with E-state index in [1.54, 1.807) is 35.2 Å². The third-order valence-corrected chi connectivity index (χ3v) is 7.61. The van der Waals surface area contributed by atoms with Gasteiger partial charge in [-0.2, -0.15) is 0 Å². The molecule has 2 aromatic carbocycles. The first-order valence-corrected chi connectivity index (χ1v) is 13.2. The van der Waals surface area contributed by atoms with Gasteiger partial charge in [-0.05, 0) is 42.7 Å². The van der Waals surface area contributed by atoms with Crippen LogP contribution in [0.25, 0.3) is 0 Å². The first kappa shape index (κ1) is 25.7. The highest BCUT2D eigenvalue weighted by Gasteiger charge is 2.36. The molecule has 3 rings (SSSR count). The van der Waals surface area contributed by atoms with Crippen LogP contribution in [0.5, 0.6) is 23.0 Å². The first-order valence-electron chi connectivity index (χ1n) is 11.4. The van der Waals surface area contributed by atoms with Crippen molar-refractivity contribution in [2.45, 2.75) is 38.8 Å². The number of unbranched alkanes of at least 4 members (excludes halogenated alkanes) is 1. The molecule has 0 aromatic heterocycles. The Morgan fingerprint density at radius 1 is 1.03 bits per heavy atom. The molecule has 0 aliphatic carbocycles. The second-order valence-electron chi connectivity index (χ2n) is 8.22. The lowest BCUT2D eigenvalue weighted by atomic mass is 10.1. The predicted molar refractivity (Wildman–Crippen MR) is 130 cm³/mol. The van der Waals surface area contributed by atoms with Gasteiger partial charge in [0.05, 0.1) is 45.0 Å². The summed E-state index contributed by atoms with van der Waals surface area (Å²) in [5.74, 6) is 1.59. The number of hydrogen-bond acceptors (Lipinski definition) is 7. The third kappa shape index (κ3) is 5.94. The maximum absolute atomic E-state index is 13.8. The van der Waals surface area contributed by atoms with E-state index in [-0.39, 0.29) is 24.0 Å². The number of nitrogens with zero attached hydrogens (tertiary/aromatic N) is 1. The summed E-state index contributed by atoms with van der Waals surface area (Å²) in [4.78, 5) is 15.4. The predicted octanol–water partition coefficient (Wildman–Crippen LogP) is 3.72. The van der Waals surface area contributed by atoms with Crippen LogP contribution in [-0.2, 0) is 16.4 Å².